The van der Waals surface area contributed by atoms with Crippen LogP contribution in [0.5, 0.6) is 0 Å². The first-order valence-electron chi connectivity index (χ1n) is 25.7. The molecule has 17 N–H and O–H groups in total. The second-order valence-corrected chi connectivity index (χ2v) is 17.8. The number of nitrogens with one attached hydrogen (secondary N) is 5. The lowest BCUT2D eigenvalue weighted by molar-refractivity contribution is -0.369. The summed E-state index contributed by atoms with van der Waals surface area (Å²) in [5.41, 5.74) is 15.7. The Morgan fingerprint density at radius 1 is 0.460 bits per heavy atom. The van der Waals surface area contributed by atoms with Crippen LogP contribution in [-0.4, -0.2) is 99.1 Å². The van der Waals surface area contributed by atoms with Crippen molar-refractivity contribution in [2.24, 2.45) is 0 Å². The van der Waals surface area contributed by atoms with Crippen molar-refractivity contribution in [3.8, 4) is 0 Å². The smallest absolute Gasteiger partial charge is 0.243 e. The van der Waals surface area contributed by atoms with Crippen LogP contribution in [0.25, 0.3) is 0 Å². The quantitative estimate of drug-likeness (QED) is 0.0325. The van der Waals surface area contributed by atoms with Gasteiger partial charge in [0.1, 0.15) is 24.7 Å². The Balaban J connectivity index is 4.77. The van der Waals surface area contributed by atoms with Crippen molar-refractivity contribution in [1.82, 2.24) is 26.6 Å². The molecule has 0 rings (SSSR count). The third-order valence-corrected chi connectivity index (χ3v) is 11.9. The van der Waals surface area contributed by atoms with Crippen LogP contribution >= 0.6 is 0 Å². The number of carbonyl (C=O) groups excluding carboxylic acids is 6. The van der Waals surface area contributed by atoms with E-state index in [2.05, 4.69) is 56.4 Å². The Bertz CT molecular complexity index is 1150. The predicted molar refractivity (Wildman–Crippen MR) is 251 cm³/mol. The highest BCUT2D eigenvalue weighted by Gasteiger charge is 2.27. The third kappa shape index (κ3) is 35.0. The van der Waals surface area contributed by atoms with Gasteiger partial charge >= 0.3 is 0 Å². The molecular formula is C48H99N9O6+4. The number of unbranched alkanes of at least 4 members (excludes halogenated alkanes) is 17. The zero-order valence-corrected chi connectivity index (χ0v) is 40.3. The number of carbonyl (C=O) groups is 6. The van der Waals surface area contributed by atoms with E-state index in [4.69, 9.17) is 0 Å². The summed E-state index contributed by atoms with van der Waals surface area (Å²) < 4.78 is 0. The fourth-order valence-electron chi connectivity index (χ4n) is 7.96. The van der Waals surface area contributed by atoms with Crippen LogP contribution in [0, 0.1) is 0 Å². The highest BCUT2D eigenvalue weighted by molar-refractivity contribution is 5.90. The van der Waals surface area contributed by atoms with E-state index in [1.54, 1.807) is 0 Å². The number of hydrogen-bond acceptors (Lipinski definition) is 7. The summed E-state index contributed by atoms with van der Waals surface area (Å²) in [4.78, 5) is 75.4. The molecule has 0 aliphatic rings. The number of amides is 4. The summed E-state index contributed by atoms with van der Waals surface area (Å²) in [6.07, 6.45) is 29.6. The molecule has 5 atom stereocenters. The van der Waals surface area contributed by atoms with Gasteiger partial charge in [-0.1, -0.05) is 84.0 Å². The Hall–Kier alpha value is -2.98. The van der Waals surface area contributed by atoms with Crippen LogP contribution in [-0.2, 0) is 28.8 Å². The van der Waals surface area contributed by atoms with E-state index in [1.165, 1.54) is 0 Å². The van der Waals surface area contributed by atoms with Gasteiger partial charge in [0, 0.05) is 25.4 Å². The number of rotatable bonds is 47. The predicted octanol–water partition coefficient (Wildman–Crippen LogP) is 2.36. The lowest BCUT2D eigenvalue weighted by Gasteiger charge is -2.27. The summed E-state index contributed by atoms with van der Waals surface area (Å²) in [6, 6.07) is -1.90. The van der Waals surface area contributed by atoms with E-state index in [9.17, 15) is 28.8 Å². The summed E-state index contributed by atoms with van der Waals surface area (Å²) in [7, 11) is 0. The molecule has 0 radical (unpaired) electrons. The van der Waals surface area contributed by atoms with E-state index in [1.807, 2.05) is 0 Å². The molecule has 0 saturated heterocycles. The monoisotopic (exact) mass is 898 g/mol. The van der Waals surface area contributed by atoms with Crippen molar-refractivity contribution in [2.75, 3.05) is 32.7 Å². The van der Waals surface area contributed by atoms with E-state index < -0.39 is 18.1 Å². The molecule has 0 aromatic heterocycles. The van der Waals surface area contributed by atoms with Crippen LogP contribution in [0.2, 0.25) is 0 Å². The molecule has 0 aliphatic carbocycles. The number of quaternary nitrogens is 4. The largest absolute Gasteiger partial charge is 0.358 e. The summed E-state index contributed by atoms with van der Waals surface area (Å²) >= 11 is 0. The standard InChI is InChI=1S/C48H95N9O6/c1-2-3-13-26-40(27-14-10-12-25-38-58)54-43(30-18-22-35-51)48(63)57-42(29-17-21-34-50)46(61)53-37-24-11-8-6-4-5-7-9-15-32-45(60)56-44(31-19-23-36-52)47(62)55-41(39-59)28-16-20-33-49/h38-44,54H,2-37,49-52H2,1H3,(H,53,61)(H,55,62)(H,56,60)(H,57,63)/p+4. The van der Waals surface area contributed by atoms with Crippen molar-refractivity contribution in [1.29, 1.82) is 0 Å². The third-order valence-electron chi connectivity index (χ3n) is 11.9. The number of aldehydes is 2. The molecule has 63 heavy (non-hydrogen) atoms. The molecule has 0 heterocycles. The van der Waals surface area contributed by atoms with Crippen LogP contribution in [0.3, 0.4) is 0 Å². The van der Waals surface area contributed by atoms with Gasteiger partial charge < -0.3 is 59.1 Å². The average molecular weight is 898 g/mol. The fourth-order valence-corrected chi connectivity index (χ4v) is 7.96. The maximum absolute atomic E-state index is 13.9. The van der Waals surface area contributed by atoms with E-state index >= 15 is 0 Å². The van der Waals surface area contributed by atoms with E-state index in [0.29, 0.717) is 45.1 Å². The minimum atomic E-state index is -0.641. The molecule has 0 aliphatic heterocycles. The number of hydrogen-bond donors (Lipinski definition) is 9. The van der Waals surface area contributed by atoms with Crippen molar-refractivity contribution in [3.63, 3.8) is 0 Å². The summed E-state index contributed by atoms with van der Waals surface area (Å²) in [5, 5.41) is 15.7. The average Bonchev–Trinajstić information content (AvgIpc) is 3.27. The van der Waals surface area contributed by atoms with Gasteiger partial charge in [0.2, 0.25) is 23.6 Å². The first-order valence-corrected chi connectivity index (χ1v) is 25.7. The van der Waals surface area contributed by atoms with Gasteiger partial charge in [0.15, 0.2) is 0 Å². The van der Waals surface area contributed by atoms with E-state index in [-0.39, 0.29) is 35.7 Å². The SMILES string of the molecule is CCCCCC(CCCCCC=O)NC(CCCC[NH3+])C(=O)NC(CCCC[NH3+])C(=O)NCCCCCCCCCCCC(=O)NC(CCCC[NH3+])C(=O)NC(C=O)CCCC[NH3+]. The highest BCUT2D eigenvalue weighted by Crippen LogP contribution is 2.16. The van der Waals surface area contributed by atoms with Crippen LogP contribution in [0.15, 0.2) is 0 Å². The van der Waals surface area contributed by atoms with Crippen molar-refractivity contribution >= 4 is 36.2 Å². The molecule has 0 spiro atoms. The second kappa shape index (κ2) is 44.2. The summed E-state index contributed by atoms with van der Waals surface area (Å²) in [6.45, 7) is 5.98. The zero-order valence-electron chi connectivity index (χ0n) is 40.3. The summed E-state index contributed by atoms with van der Waals surface area (Å²) in [5.74, 6) is -0.616. The molecule has 5 unspecified atom stereocenters. The van der Waals surface area contributed by atoms with Crippen molar-refractivity contribution in [2.45, 2.75) is 236 Å². The second-order valence-electron chi connectivity index (χ2n) is 17.8. The molecule has 0 aromatic carbocycles. The van der Waals surface area contributed by atoms with Crippen LogP contribution < -0.4 is 49.5 Å². The molecule has 0 fully saturated rings. The topological polar surface area (TPSA) is 273 Å². The van der Waals surface area contributed by atoms with Gasteiger partial charge in [0.05, 0.1) is 38.3 Å². The maximum Gasteiger partial charge on any atom is 0.243 e. The van der Waals surface area contributed by atoms with Gasteiger partial charge in [-0.25, -0.2) is 0 Å². The first kappa shape index (κ1) is 60.0. The minimum Gasteiger partial charge on any atom is -0.358 e. The fraction of sp³-hybridized carbons (Fsp3) is 0.875. The Morgan fingerprint density at radius 2 is 0.921 bits per heavy atom. The lowest BCUT2D eigenvalue weighted by atomic mass is 9.98. The molecule has 368 valence electrons. The normalized spacial score (nSPS) is 13.7. The lowest BCUT2D eigenvalue weighted by Crippen LogP contribution is -2.55. The molecule has 15 nitrogen and oxygen atoms in total. The Kier molecular flexibility index (Phi) is 42.1. The zero-order chi connectivity index (χ0) is 46.6. The first-order chi connectivity index (χ1) is 30.7. The van der Waals surface area contributed by atoms with Crippen molar-refractivity contribution < 1.29 is 51.7 Å². The molecule has 4 amide bonds. The molecule has 15 heteroatoms. The Labute approximate surface area is 382 Å². The minimum absolute atomic E-state index is 0.0934. The molecule has 0 bridgehead atoms. The van der Waals surface area contributed by atoms with E-state index in [0.717, 1.165) is 199 Å². The van der Waals surface area contributed by atoms with Gasteiger partial charge in [-0.2, -0.15) is 0 Å². The van der Waals surface area contributed by atoms with Gasteiger partial charge in [0.25, 0.3) is 0 Å². The molecular weight excluding hydrogens is 799 g/mol. The van der Waals surface area contributed by atoms with Gasteiger partial charge in [-0.05, 0) is 109 Å². The maximum atomic E-state index is 13.9. The molecule has 0 saturated carbocycles. The highest BCUT2D eigenvalue weighted by atomic mass is 16.2. The Morgan fingerprint density at radius 3 is 1.46 bits per heavy atom. The van der Waals surface area contributed by atoms with Gasteiger partial charge in [-0.3, -0.25) is 19.2 Å². The van der Waals surface area contributed by atoms with Crippen LogP contribution in [0.1, 0.15) is 206 Å². The molecule has 0 aromatic rings. The van der Waals surface area contributed by atoms with Crippen molar-refractivity contribution in [3.05, 3.63) is 0 Å². The van der Waals surface area contributed by atoms with Crippen LogP contribution in [0.4, 0.5) is 0 Å². The van der Waals surface area contributed by atoms with Gasteiger partial charge in [-0.15, -0.1) is 0 Å².